The Labute approximate surface area is 189 Å². The van der Waals surface area contributed by atoms with Crippen LogP contribution in [0.3, 0.4) is 0 Å². The number of sulfonamides is 1. The molecule has 0 radical (unpaired) electrons. The zero-order valence-electron chi connectivity index (χ0n) is 17.7. The van der Waals surface area contributed by atoms with Crippen molar-refractivity contribution >= 4 is 27.5 Å². The number of nitro groups is 1. The minimum atomic E-state index is -3.80. The summed E-state index contributed by atoms with van der Waals surface area (Å²) >= 11 is 1.06. The zero-order chi connectivity index (χ0) is 22.9. The number of hydrogen-bond donors (Lipinski definition) is 0. The van der Waals surface area contributed by atoms with Crippen LogP contribution in [0, 0.1) is 16.0 Å². The summed E-state index contributed by atoms with van der Waals surface area (Å²) in [6, 6.07) is 7.51. The van der Waals surface area contributed by atoms with E-state index in [1.165, 1.54) is 22.7 Å². The lowest BCUT2D eigenvalue weighted by molar-refractivity contribution is -0.388. The van der Waals surface area contributed by atoms with E-state index in [1.807, 2.05) is 6.92 Å². The molecule has 2 aromatic heterocycles. The Balaban J connectivity index is 1.66. The zero-order valence-corrected chi connectivity index (χ0v) is 19.3. The molecule has 3 heterocycles. The maximum Gasteiger partial charge on any atom is 0.284 e. The average molecular weight is 478 g/mol. The molecule has 0 atom stereocenters. The second-order valence-corrected chi connectivity index (χ2v) is 10.6. The summed E-state index contributed by atoms with van der Waals surface area (Å²) in [6.45, 7) is 5.36. The van der Waals surface area contributed by atoms with Crippen LogP contribution < -0.4 is 0 Å². The van der Waals surface area contributed by atoms with Crippen molar-refractivity contribution in [1.82, 2.24) is 19.1 Å². The summed E-state index contributed by atoms with van der Waals surface area (Å²) in [4.78, 5) is 11.4. The van der Waals surface area contributed by atoms with Gasteiger partial charge in [-0.25, -0.2) is 8.42 Å². The van der Waals surface area contributed by atoms with Gasteiger partial charge < -0.3 is 4.42 Å². The molecule has 1 aliphatic rings. The molecule has 0 unspecified atom stereocenters. The lowest BCUT2D eigenvalue weighted by Crippen LogP contribution is -2.37. The second kappa shape index (κ2) is 9.04. The third-order valence-corrected chi connectivity index (χ3v) is 8.43. The van der Waals surface area contributed by atoms with Crippen LogP contribution in [-0.2, 0) is 16.6 Å². The number of rotatable bonds is 7. The van der Waals surface area contributed by atoms with Gasteiger partial charge in [-0.15, -0.1) is 10.2 Å². The number of nitrogens with zero attached hydrogens (tertiary/aromatic N) is 5. The van der Waals surface area contributed by atoms with Crippen molar-refractivity contribution < 1.29 is 17.8 Å². The topological polar surface area (TPSA) is 124 Å². The van der Waals surface area contributed by atoms with Crippen molar-refractivity contribution in [2.24, 2.45) is 5.92 Å². The van der Waals surface area contributed by atoms with Gasteiger partial charge in [-0.1, -0.05) is 6.92 Å². The third kappa shape index (κ3) is 4.30. The predicted molar refractivity (Wildman–Crippen MR) is 118 cm³/mol. The Morgan fingerprint density at radius 2 is 2.00 bits per heavy atom. The summed E-state index contributed by atoms with van der Waals surface area (Å²) in [5.74, 6) is 1.52. The molecule has 3 aromatic rings. The van der Waals surface area contributed by atoms with Crippen molar-refractivity contribution in [2.75, 3.05) is 13.1 Å². The summed E-state index contributed by atoms with van der Waals surface area (Å²) in [5, 5.41) is 20.5. The van der Waals surface area contributed by atoms with Gasteiger partial charge in [0.05, 0.1) is 21.0 Å². The molecule has 0 spiro atoms. The molecule has 170 valence electrons. The minimum Gasteiger partial charge on any atom is -0.461 e. The Morgan fingerprint density at radius 1 is 1.25 bits per heavy atom. The lowest BCUT2D eigenvalue weighted by atomic mass is 10.0. The number of hydrogen-bond acceptors (Lipinski definition) is 8. The molecule has 10 nitrogen and oxygen atoms in total. The van der Waals surface area contributed by atoms with Gasteiger partial charge in [0.15, 0.2) is 16.7 Å². The van der Waals surface area contributed by atoms with Gasteiger partial charge in [-0.3, -0.25) is 14.7 Å². The van der Waals surface area contributed by atoms with Crippen LogP contribution in [0.4, 0.5) is 5.69 Å². The van der Waals surface area contributed by atoms with Crippen LogP contribution in [-0.4, -0.2) is 45.5 Å². The summed E-state index contributed by atoms with van der Waals surface area (Å²) in [6.07, 6.45) is 3.09. The van der Waals surface area contributed by atoms with Gasteiger partial charge in [-0.2, -0.15) is 4.31 Å². The lowest BCUT2D eigenvalue weighted by Gasteiger charge is -2.29. The van der Waals surface area contributed by atoms with Crippen molar-refractivity contribution in [3.8, 4) is 11.6 Å². The number of furan rings is 1. The first-order chi connectivity index (χ1) is 15.3. The number of benzene rings is 1. The van der Waals surface area contributed by atoms with E-state index < -0.39 is 14.9 Å². The third-order valence-electron chi connectivity index (χ3n) is 5.48. The van der Waals surface area contributed by atoms with E-state index in [0.717, 1.165) is 30.7 Å². The van der Waals surface area contributed by atoms with E-state index in [2.05, 4.69) is 17.1 Å². The Morgan fingerprint density at radius 3 is 2.62 bits per heavy atom. The average Bonchev–Trinajstić information content (AvgIpc) is 3.43. The monoisotopic (exact) mass is 477 g/mol. The molecular formula is C20H23N5O5S2. The van der Waals surface area contributed by atoms with E-state index in [-0.39, 0.29) is 15.5 Å². The Kier molecular flexibility index (Phi) is 6.35. The largest absolute Gasteiger partial charge is 0.461 e. The molecule has 0 saturated carbocycles. The van der Waals surface area contributed by atoms with Crippen molar-refractivity contribution in [3.63, 3.8) is 0 Å². The van der Waals surface area contributed by atoms with Gasteiger partial charge in [0, 0.05) is 25.7 Å². The molecule has 0 N–H and O–H groups in total. The quantitative estimate of drug-likeness (QED) is 0.369. The molecule has 1 aromatic carbocycles. The maximum absolute atomic E-state index is 13.0. The molecule has 12 heteroatoms. The first-order valence-corrected chi connectivity index (χ1v) is 12.5. The smallest absolute Gasteiger partial charge is 0.284 e. The van der Waals surface area contributed by atoms with Crippen LogP contribution in [0.1, 0.15) is 26.7 Å². The highest BCUT2D eigenvalue weighted by Gasteiger charge is 2.30. The SMILES string of the molecule is CCn1c(Sc2ccc(S(=O)(=O)N3CCC(C)CC3)cc2[N+](=O)[O-])nnc1-c1ccco1. The normalized spacial score (nSPS) is 15.8. The predicted octanol–water partition coefficient (Wildman–Crippen LogP) is 4.04. The summed E-state index contributed by atoms with van der Waals surface area (Å²) in [5.41, 5.74) is -0.286. The molecular weight excluding hydrogens is 454 g/mol. The minimum absolute atomic E-state index is 0.0728. The molecule has 1 saturated heterocycles. The first-order valence-electron chi connectivity index (χ1n) is 10.2. The molecule has 0 bridgehead atoms. The number of nitro benzene ring substituents is 1. The maximum atomic E-state index is 13.0. The Bertz CT molecular complexity index is 1220. The van der Waals surface area contributed by atoms with Crippen LogP contribution in [0.2, 0.25) is 0 Å². The molecule has 0 aliphatic carbocycles. The molecule has 4 rings (SSSR count). The van der Waals surface area contributed by atoms with E-state index >= 15 is 0 Å². The fourth-order valence-electron chi connectivity index (χ4n) is 3.60. The number of piperidine rings is 1. The first kappa shape index (κ1) is 22.5. The Hall–Kier alpha value is -2.70. The summed E-state index contributed by atoms with van der Waals surface area (Å²) in [7, 11) is -3.80. The number of aromatic nitrogens is 3. The van der Waals surface area contributed by atoms with E-state index in [0.29, 0.717) is 42.3 Å². The molecule has 1 fully saturated rings. The fourth-order valence-corrected chi connectivity index (χ4v) is 6.07. The molecule has 32 heavy (non-hydrogen) atoms. The fraction of sp³-hybridized carbons (Fsp3) is 0.400. The van der Waals surface area contributed by atoms with E-state index in [1.54, 1.807) is 16.7 Å². The van der Waals surface area contributed by atoms with Crippen molar-refractivity contribution in [3.05, 3.63) is 46.7 Å². The highest BCUT2D eigenvalue weighted by atomic mass is 32.2. The highest BCUT2D eigenvalue weighted by molar-refractivity contribution is 7.99. The van der Waals surface area contributed by atoms with E-state index in [4.69, 9.17) is 4.42 Å². The van der Waals surface area contributed by atoms with Gasteiger partial charge in [0.1, 0.15) is 0 Å². The summed E-state index contributed by atoms with van der Waals surface area (Å²) < 4.78 is 34.6. The van der Waals surface area contributed by atoms with Crippen molar-refractivity contribution in [1.29, 1.82) is 0 Å². The van der Waals surface area contributed by atoms with Gasteiger partial charge >= 0.3 is 0 Å². The van der Waals surface area contributed by atoms with E-state index in [9.17, 15) is 18.5 Å². The van der Waals surface area contributed by atoms with Gasteiger partial charge in [0.25, 0.3) is 5.69 Å². The van der Waals surface area contributed by atoms with Crippen LogP contribution in [0.15, 0.2) is 56.0 Å². The highest BCUT2D eigenvalue weighted by Crippen LogP contribution is 2.37. The molecule has 1 aliphatic heterocycles. The van der Waals surface area contributed by atoms with Crippen LogP contribution in [0.5, 0.6) is 0 Å². The standard InChI is InChI=1S/C20H23N5O5S2/c1-3-24-19(17-5-4-12-30-17)21-22-20(24)31-18-7-6-15(13-16(18)25(26)27)32(28,29)23-10-8-14(2)9-11-23/h4-7,12-14H,3,8-11H2,1-2H3. The van der Waals surface area contributed by atoms with Gasteiger partial charge in [0.2, 0.25) is 10.0 Å². The van der Waals surface area contributed by atoms with Gasteiger partial charge in [-0.05, 0) is 61.7 Å². The van der Waals surface area contributed by atoms with Crippen LogP contribution >= 0.6 is 11.8 Å². The molecule has 0 amide bonds. The van der Waals surface area contributed by atoms with Crippen molar-refractivity contribution in [2.45, 2.75) is 48.2 Å². The van der Waals surface area contributed by atoms with Crippen LogP contribution in [0.25, 0.3) is 11.6 Å². The second-order valence-electron chi connectivity index (χ2n) is 7.60.